The van der Waals surface area contributed by atoms with Gasteiger partial charge in [0.05, 0.1) is 12.2 Å². The number of benzene rings is 2. The van der Waals surface area contributed by atoms with Crippen LogP contribution in [0.5, 0.6) is 0 Å². The summed E-state index contributed by atoms with van der Waals surface area (Å²) in [7, 11) is 0. The summed E-state index contributed by atoms with van der Waals surface area (Å²) in [4.78, 5) is 0. The normalized spacial score (nSPS) is 10.8. The van der Waals surface area contributed by atoms with Crippen molar-refractivity contribution in [2.45, 2.75) is 6.54 Å². The molecule has 0 saturated carbocycles. The van der Waals surface area contributed by atoms with Crippen LogP contribution in [0.1, 0.15) is 5.56 Å². The number of aromatic nitrogens is 2. The maximum atomic E-state index is 6.10. The lowest BCUT2D eigenvalue weighted by molar-refractivity contribution is 0.697. The van der Waals surface area contributed by atoms with Crippen LogP contribution in [0.2, 0.25) is 0 Å². The van der Waals surface area contributed by atoms with Crippen LogP contribution in [0.4, 0.5) is 5.82 Å². The molecule has 5 heteroatoms. The Hall–Kier alpha value is -1.59. The summed E-state index contributed by atoms with van der Waals surface area (Å²) >= 11 is 7.10. The third kappa shape index (κ3) is 3.04. The standard InChI is InChI=1S/C16H13Br2N3/c17-13-7-3-1-5-11(13)10-21-16(19)9-15(20-21)12-6-2-4-8-14(12)18/h1-9H,10,19H2. The van der Waals surface area contributed by atoms with Gasteiger partial charge in [-0.3, -0.25) is 0 Å². The van der Waals surface area contributed by atoms with Crippen molar-refractivity contribution in [3.63, 3.8) is 0 Å². The predicted octanol–water partition coefficient (Wildman–Crippen LogP) is 4.71. The van der Waals surface area contributed by atoms with Crippen LogP contribution in [0.15, 0.2) is 63.5 Å². The first kappa shape index (κ1) is 14.4. The number of halogens is 2. The van der Waals surface area contributed by atoms with Gasteiger partial charge in [-0.25, -0.2) is 4.68 Å². The Kier molecular flexibility index (Phi) is 4.12. The number of nitrogens with two attached hydrogens (primary N) is 1. The van der Waals surface area contributed by atoms with Gasteiger partial charge < -0.3 is 5.73 Å². The predicted molar refractivity (Wildman–Crippen MR) is 93.0 cm³/mol. The van der Waals surface area contributed by atoms with E-state index in [-0.39, 0.29) is 0 Å². The first-order valence-corrected chi connectivity index (χ1v) is 8.05. The summed E-state index contributed by atoms with van der Waals surface area (Å²) < 4.78 is 3.88. The highest BCUT2D eigenvalue weighted by Gasteiger charge is 2.10. The molecule has 21 heavy (non-hydrogen) atoms. The molecule has 0 amide bonds. The van der Waals surface area contributed by atoms with Crippen LogP contribution in [0, 0.1) is 0 Å². The van der Waals surface area contributed by atoms with E-state index in [0.29, 0.717) is 12.4 Å². The molecule has 0 atom stereocenters. The van der Waals surface area contributed by atoms with Gasteiger partial charge in [-0.2, -0.15) is 5.10 Å². The average molecular weight is 407 g/mol. The largest absolute Gasteiger partial charge is 0.384 e. The summed E-state index contributed by atoms with van der Waals surface area (Å²) in [6.45, 7) is 0.637. The first-order chi connectivity index (χ1) is 10.1. The zero-order valence-corrected chi connectivity index (χ0v) is 14.3. The van der Waals surface area contributed by atoms with E-state index < -0.39 is 0 Å². The van der Waals surface area contributed by atoms with Gasteiger partial charge in [0.15, 0.2) is 0 Å². The molecule has 1 aromatic heterocycles. The molecular weight excluding hydrogens is 394 g/mol. The second kappa shape index (κ2) is 6.03. The van der Waals surface area contributed by atoms with E-state index in [1.165, 1.54) is 0 Å². The molecule has 0 bridgehead atoms. The third-order valence-corrected chi connectivity index (χ3v) is 4.70. The summed E-state index contributed by atoms with van der Waals surface area (Å²) in [5.41, 5.74) is 9.15. The van der Waals surface area contributed by atoms with Crippen molar-refractivity contribution >= 4 is 37.7 Å². The van der Waals surface area contributed by atoms with E-state index in [1.807, 2.05) is 53.2 Å². The topological polar surface area (TPSA) is 43.8 Å². The molecule has 106 valence electrons. The lowest BCUT2D eigenvalue weighted by atomic mass is 10.1. The molecule has 0 fully saturated rings. The van der Waals surface area contributed by atoms with Crippen LogP contribution >= 0.6 is 31.9 Å². The minimum Gasteiger partial charge on any atom is -0.384 e. The Morgan fingerprint density at radius 3 is 2.33 bits per heavy atom. The highest BCUT2D eigenvalue weighted by molar-refractivity contribution is 9.10. The molecule has 2 aromatic carbocycles. The lowest BCUT2D eigenvalue weighted by Crippen LogP contribution is -2.06. The fourth-order valence-electron chi connectivity index (χ4n) is 2.15. The molecule has 1 heterocycles. The van der Waals surface area contributed by atoms with Gasteiger partial charge >= 0.3 is 0 Å². The summed E-state index contributed by atoms with van der Waals surface area (Å²) in [5.74, 6) is 0.650. The Balaban J connectivity index is 1.96. The van der Waals surface area contributed by atoms with Gasteiger partial charge in [0.25, 0.3) is 0 Å². The second-order valence-electron chi connectivity index (χ2n) is 4.68. The van der Waals surface area contributed by atoms with Crippen molar-refractivity contribution in [3.05, 3.63) is 69.1 Å². The summed E-state index contributed by atoms with van der Waals surface area (Å²) in [6, 6.07) is 18.0. The van der Waals surface area contributed by atoms with Gasteiger partial charge in [-0.05, 0) is 17.7 Å². The van der Waals surface area contributed by atoms with E-state index in [9.17, 15) is 0 Å². The number of anilines is 1. The second-order valence-corrected chi connectivity index (χ2v) is 6.39. The van der Waals surface area contributed by atoms with Gasteiger partial charge in [-0.1, -0.05) is 68.3 Å². The average Bonchev–Trinajstić information content (AvgIpc) is 2.83. The third-order valence-electron chi connectivity index (χ3n) is 3.24. The van der Waals surface area contributed by atoms with Crippen LogP contribution in [0.3, 0.4) is 0 Å². The van der Waals surface area contributed by atoms with E-state index in [1.54, 1.807) is 0 Å². The number of hydrogen-bond donors (Lipinski definition) is 1. The minimum atomic E-state index is 0.637. The number of hydrogen-bond acceptors (Lipinski definition) is 2. The van der Waals surface area contributed by atoms with Crippen molar-refractivity contribution in [1.29, 1.82) is 0 Å². The smallest absolute Gasteiger partial charge is 0.122 e. The molecule has 0 unspecified atom stereocenters. The number of nitrogen functional groups attached to an aromatic ring is 1. The molecule has 0 aliphatic carbocycles. The fourth-order valence-corrected chi connectivity index (χ4v) is 3.04. The molecule has 3 nitrogen and oxygen atoms in total. The molecule has 0 spiro atoms. The van der Waals surface area contributed by atoms with E-state index in [4.69, 9.17) is 5.73 Å². The molecule has 0 aliphatic rings. The monoisotopic (exact) mass is 405 g/mol. The Morgan fingerprint density at radius 1 is 0.952 bits per heavy atom. The zero-order valence-electron chi connectivity index (χ0n) is 11.1. The zero-order chi connectivity index (χ0) is 14.8. The molecule has 3 rings (SSSR count). The first-order valence-electron chi connectivity index (χ1n) is 6.47. The summed E-state index contributed by atoms with van der Waals surface area (Å²) in [6.07, 6.45) is 0. The number of nitrogens with zero attached hydrogens (tertiary/aromatic N) is 2. The maximum Gasteiger partial charge on any atom is 0.122 e. The van der Waals surface area contributed by atoms with Crippen LogP contribution in [-0.4, -0.2) is 9.78 Å². The Morgan fingerprint density at radius 2 is 1.62 bits per heavy atom. The molecule has 0 saturated heterocycles. The van der Waals surface area contributed by atoms with Crippen LogP contribution < -0.4 is 5.73 Å². The highest BCUT2D eigenvalue weighted by atomic mass is 79.9. The van der Waals surface area contributed by atoms with Crippen molar-refractivity contribution in [3.8, 4) is 11.3 Å². The van der Waals surface area contributed by atoms with Crippen molar-refractivity contribution < 1.29 is 0 Å². The number of rotatable bonds is 3. The minimum absolute atomic E-state index is 0.637. The highest BCUT2D eigenvalue weighted by Crippen LogP contribution is 2.28. The Labute approximate surface area is 140 Å². The van der Waals surface area contributed by atoms with Gasteiger partial charge in [0.1, 0.15) is 5.82 Å². The molecule has 0 aliphatic heterocycles. The van der Waals surface area contributed by atoms with Gasteiger partial charge in [-0.15, -0.1) is 0 Å². The van der Waals surface area contributed by atoms with Gasteiger partial charge in [0.2, 0.25) is 0 Å². The molecular formula is C16H13Br2N3. The lowest BCUT2D eigenvalue weighted by Gasteiger charge is -2.06. The van der Waals surface area contributed by atoms with Crippen molar-refractivity contribution in [1.82, 2.24) is 9.78 Å². The molecule has 3 aromatic rings. The molecule has 0 radical (unpaired) electrons. The fraction of sp³-hybridized carbons (Fsp3) is 0.0625. The van der Waals surface area contributed by atoms with E-state index in [0.717, 1.165) is 25.8 Å². The van der Waals surface area contributed by atoms with E-state index >= 15 is 0 Å². The van der Waals surface area contributed by atoms with Crippen LogP contribution in [-0.2, 0) is 6.54 Å². The Bertz CT molecular complexity index is 781. The quantitative estimate of drug-likeness (QED) is 0.684. The maximum absolute atomic E-state index is 6.10. The van der Waals surface area contributed by atoms with E-state index in [2.05, 4.69) is 43.0 Å². The summed E-state index contributed by atoms with van der Waals surface area (Å²) in [5, 5.41) is 4.62. The molecule has 2 N–H and O–H groups in total. The van der Waals surface area contributed by atoms with Crippen molar-refractivity contribution in [2.24, 2.45) is 0 Å². The SMILES string of the molecule is Nc1cc(-c2ccccc2Br)nn1Cc1ccccc1Br. The van der Waals surface area contributed by atoms with Gasteiger partial charge in [0, 0.05) is 20.6 Å². The van der Waals surface area contributed by atoms with Crippen molar-refractivity contribution in [2.75, 3.05) is 5.73 Å². The van der Waals surface area contributed by atoms with Crippen LogP contribution in [0.25, 0.3) is 11.3 Å².